The summed E-state index contributed by atoms with van der Waals surface area (Å²) in [6.07, 6.45) is 4.44. The van der Waals surface area contributed by atoms with Crippen LogP contribution in [-0.2, 0) is 11.2 Å². The largest absolute Gasteiger partial charge is 0.496 e. The van der Waals surface area contributed by atoms with E-state index in [1.165, 1.54) is 17.2 Å². The van der Waals surface area contributed by atoms with E-state index >= 15 is 0 Å². The molecule has 0 aliphatic carbocycles. The highest BCUT2D eigenvalue weighted by Crippen LogP contribution is 2.27. The highest BCUT2D eigenvalue weighted by atomic mass is 16.5. The van der Waals surface area contributed by atoms with Crippen LogP contribution in [0.4, 0.5) is 0 Å². The molecule has 18 heavy (non-hydrogen) atoms. The summed E-state index contributed by atoms with van der Waals surface area (Å²) in [6.45, 7) is 4.26. The van der Waals surface area contributed by atoms with Crippen LogP contribution < -0.4 is 4.74 Å². The Morgan fingerprint density at radius 3 is 2.72 bits per heavy atom. The Hall–Kier alpha value is -1.77. The Morgan fingerprint density at radius 2 is 2.17 bits per heavy atom. The van der Waals surface area contributed by atoms with E-state index in [0.717, 1.165) is 18.6 Å². The summed E-state index contributed by atoms with van der Waals surface area (Å²) >= 11 is 0. The second-order valence-corrected chi connectivity index (χ2v) is 4.51. The van der Waals surface area contributed by atoms with Crippen molar-refractivity contribution >= 4 is 5.97 Å². The van der Waals surface area contributed by atoms with Crippen LogP contribution in [0.25, 0.3) is 0 Å². The van der Waals surface area contributed by atoms with Crippen molar-refractivity contribution in [3.63, 3.8) is 0 Å². The maximum absolute atomic E-state index is 10.3. The number of aryl methyl sites for hydroxylation is 1. The molecule has 0 fully saturated rings. The van der Waals surface area contributed by atoms with Gasteiger partial charge in [-0.15, -0.1) is 0 Å². The molecule has 98 valence electrons. The lowest BCUT2D eigenvalue weighted by Gasteiger charge is -2.13. The van der Waals surface area contributed by atoms with Crippen LogP contribution in [0, 0.1) is 0 Å². The van der Waals surface area contributed by atoms with E-state index in [1.807, 2.05) is 12.1 Å². The Kier molecular flexibility index (Phi) is 5.43. The molecule has 1 aromatic carbocycles. The second-order valence-electron chi connectivity index (χ2n) is 4.51. The molecule has 0 bridgehead atoms. The van der Waals surface area contributed by atoms with Gasteiger partial charge in [0, 0.05) is 6.08 Å². The molecule has 0 spiro atoms. The lowest BCUT2D eigenvalue weighted by Crippen LogP contribution is -1.96. The summed E-state index contributed by atoms with van der Waals surface area (Å²) in [5, 5.41) is 8.49. The molecule has 0 radical (unpaired) electrons. The third kappa shape index (κ3) is 4.24. The van der Waals surface area contributed by atoms with Crippen molar-refractivity contribution in [3.05, 3.63) is 41.5 Å². The number of carboxylic acids is 1. The van der Waals surface area contributed by atoms with Gasteiger partial charge >= 0.3 is 5.97 Å². The van der Waals surface area contributed by atoms with Crippen molar-refractivity contribution in [2.75, 3.05) is 7.11 Å². The number of carbonyl (C=O) groups is 1. The van der Waals surface area contributed by atoms with E-state index < -0.39 is 5.97 Å². The Morgan fingerprint density at radius 1 is 1.44 bits per heavy atom. The minimum Gasteiger partial charge on any atom is -0.496 e. The van der Waals surface area contributed by atoms with Gasteiger partial charge in [0.25, 0.3) is 0 Å². The van der Waals surface area contributed by atoms with E-state index in [1.54, 1.807) is 13.2 Å². The standard InChI is InChI=1S/C15H20O3/c1-11(2)13-10-12(8-9-14(13)18-3)6-4-5-7-15(16)17/h5,7-11H,4,6H2,1-3H3,(H,16,17)/b7-5+. The van der Waals surface area contributed by atoms with Gasteiger partial charge in [0.1, 0.15) is 5.75 Å². The van der Waals surface area contributed by atoms with E-state index in [0.29, 0.717) is 5.92 Å². The van der Waals surface area contributed by atoms with Crippen molar-refractivity contribution < 1.29 is 14.6 Å². The number of benzene rings is 1. The molecular formula is C15H20O3. The minimum atomic E-state index is -0.896. The van der Waals surface area contributed by atoms with Crippen LogP contribution >= 0.6 is 0 Å². The molecule has 0 amide bonds. The number of hydrogen-bond donors (Lipinski definition) is 1. The summed E-state index contributed by atoms with van der Waals surface area (Å²) in [7, 11) is 1.68. The van der Waals surface area contributed by atoms with Crippen molar-refractivity contribution in [2.45, 2.75) is 32.6 Å². The molecule has 0 atom stereocenters. The predicted molar refractivity (Wildman–Crippen MR) is 72.2 cm³/mol. The molecule has 1 aromatic rings. The fraction of sp³-hybridized carbons (Fsp3) is 0.400. The Balaban J connectivity index is 2.73. The number of ether oxygens (including phenoxy) is 1. The van der Waals surface area contributed by atoms with E-state index in [-0.39, 0.29) is 0 Å². The normalized spacial score (nSPS) is 11.1. The van der Waals surface area contributed by atoms with Crippen LogP contribution in [-0.4, -0.2) is 18.2 Å². The van der Waals surface area contributed by atoms with Crippen LogP contribution in [0.15, 0.2) is 30.4 Å². The van der Waals surface area contributed by atoms with Gasteiger partial charge in [-0.2, -0.15) is 0 Å². The lowest BCUT2D eigenvalue weighted by atomic mass is 9.98. The molecule has 0 heterocycles. The van der Waals surface area contributed by atoms with Crippen LogP contribution in [0.2, 0.25) is 0 Å². The third-order valence-electron chi connectivity index (χ3n) is 2.78. The van der Waals surface area contributed by atoms with Gasteiger partial charge in [0.2, 0.25) is 0 Å². The van der Waals surface area contributed by atoms with Crippen LogP contribution in [0.3, 0.4) is 0 Å². The number of allylic oxidation sites excluding steroid dienone is 1. The van der Waals surface area contributed by atoms with Gasteiger partial charge in [-0.1, -0.05) is 32.1 Å². The maximum Gasteiger partial charge on any atom is 0.327 e. The van der Waals surface area contributed by atoms with Crippen LogP contribution in [0.5, 0.6) is 5.75 Å². The fourth-order valence-corrected chi connectivity index (χ4v) is 1.82. The van der Waals surface area contributed by atoms with Gasteiger partial charge < -0.3 is 9.84 Å². The van der Waals surface area contributed by atoms with Crippen molar-refractivity contribution in [1.82, 2.24) is 0 Å². The van der Waals surface area contributed by atoms with Crippen molar-refractivity contribution in [1.29, 1.82) is 0 Å². The number of rotatable bonds is 6. The van der Waals surface area contributed by atoms with Crippen LogP contribution in [0.1, 0.15) is 37.3 Å². The molecule has 1 rings (SSSR count). The number of methoxy groups -OCH3 is 1. The quantitative estimate of drug-likeness (QED) is 0.785. The predicted octanol–water partition coefficient (Wildman–Crippen LogP) is 3.39. The summed E-state index contributed by atoms with van der Waals surface area (Å²) in [4.78, 5) is 10.3. The molecule has 0 saturated carbocycles. The summed E-state index contributed by atoms with van der Waals surface area (Å²) in [5.74, 6) is 0.428. The number of carboxylic acid groups (broad SMARTS) is 1. The molecule has 0 unspecified atom stereocenters. The van der Waals surface area contributed by atoms with Gasteiger partial charge in [-0.25, -0.2) is 4.79 Å². The first-order valence-corrected chi connectivity index (χ1v) is 6.11. The third-order valence-corrected chi connectivity index (χ3v) is 2.78. The zero-order valence-corrected chi connectivity index (χ0v) is 11.1. The average molecular weight is 248 g/mol. The second kappa shape index (κ2) is 6.84. The zero-order valence-electron chi connectivity index (χ0n) is 11.1. The minimum absolute atomic E-state index is 0.412. The Labute approximate surface area is 108 Å². The number of hydrogen-bond acceptors (Lipinski definition) is 2. The molecule has 0 aliphatic heterocycles. The SMILES string of the molecule is COc1ccc(CC/C=C/C(=O)O)cc1C(C)C. The maximum atomic E-state index is 10.3. The van der Waals surface area contributed by atoms with Crippen molar-refractivity contribution in [2.24, 2.45) is 0 Å². The molecule has 1 N–H and O–H groups in total. The molecule has 0 aliphatic rings. The first-order valence-electron chi connectivity index (χ1n) is 6.11. The van der Waals surface area contributed by atoms with E-state index in [4.69, 9.17) is 9.84 Å². The highest BCUT2D eigenvalue weighted by molar-refractivity contribution is 5.79. The van der Waals surface area contributed by atoms with Gasteiger partial charge in [0.05, 0.1) is 7.11 Å². The number of aliphatic carboxylic acids is 1. The van der Waals surface area contributed by atoms with Gasteiger partial charge in [0.15, 0.2) is 0 Å². The molecule has 3 heteroatoms. The molecule has 0 aromatic heterocycles. The average Bonchev–Trinajstić information content (AvgIpc) is 2.34. The van der Waals surface area contributed by atoms with Gasteiger partial charge in [-0.3, -0.25) is 0 Å². The summed E-state index contributed by atoms with van der Waals surface area (Å²) in [5.41, 5.74) is 2.40. The molecular weight excluding hydrogens is 228 g/mol. The summed E-state index contributed by atoms with van der Waals surface area (Å²) < 4.78 is 5.33. The first-order chi connectivity index (χ1) is 8.54. The molecule has 0 saturated heterocycles. The zero-order chi connectivity index (χ0) is 13.5. The first kappa shape index (κ1) is 14.3. The van der Waals surface area contributed by atoms with Gasteiger partial charge in [-0.05, 0) is 36.0 Å². The Bertz CT molecular complexity index is 433. The molecule has 3 nitrogen and oxygen atoms in total. The summed E-state index contributed by atoms with van der Waals surface area (Å²) in [6, 6.07) is 6.14. The lowest BCUT2D eigenvalue weighted by molar-refractivity contribution is -0.131. The fourth-order valence-electron chi connectivity index (χ4n) is 1.82. The van der Waals surface area contributed by atoms with Crippen molar-refractivity contribution in [3.8, 4) is 5.75 Å². The smallest absolute Gasteiger partial charge is 0.327 e. The van der Waals surface area contributed by atoms with E-state index in [2.05, 4.69) is 19.9 Å². The monoisotopic (exact) mass is 248 g/mol. The topological polar surface area (TPSA) is 46.5 Å². The van der Waals surface area contributed by atoms with E-state index in [9.17, 15) is 4.79 Å². The highest BCUT2D eigenvalue weighted by Gasteiger charge is 2.07.